The molecular formula is C21H23N3O5S. The molecule has 0 aliphatic carbocycles. The predicted molar refractivity (Wildman–Crippen MR) is 113 cm³/mol. The number of aromatic nitrogens is 1. The molecule has 9 heteroatoms. The second-order valence-electron chi connectivity index (χ2n) is 7.46. The van der Waals surface area contributed by atoms with Gasteiger partial charge in [-0.3, -0.25) is 9.36 Å². The Morgan fingerprint density at radius 1 is 1.07 bits per heavy atom. The summed E-state index contributed by atoms with van der Waals surface area (Å²) in [7, 11) is -3.64. The number of anilines is 1. The van der Waals surface area contributed by atoms with Gasteiger partial charge in [0.05, 0.1) is 10.4 Å². The Morgan fingerprint density at radius 2 is 1.77 bits per heavy atom. The third-order valence-corrected chi connectivity index (χ3v) is 7.12. The standard InChI is InChI=1S/C21H23N3O5S/c1-15-5-7-16(8-6-15)22-20(25)14-24-18-10-9-17(13-19(18)29-21(24)26)30(27,28)23-11-3-2-4-12-23/h5-10,13H,2-4,11-12,14H2,1H3,(H,22,25). The van der Waals surface area contributed by atoms with Gasteiger partial charge in [0.2, 0.25) is 15.9 Å². The number of fused-ring (bicyclic) bond motifs is 1. The number of aryl methyl sites for hydroxylation is 1. The van der Waals surface area contributed by atoms with Crippen LogP contribution in [-0.4, -0.2) is 36.3 Å². The van der Waals surface area contributed by atoms with Gasteiger partial charge in [-0.05, 0) is 44.0 Å². The average Bonchev–Trinajstić information content (AvgIpc) is 3.04. The zero-order valence-electron chi connectivity index (χ0n) is 16.6. The molecule has 158 valence electrons. The lowest BCUT2D eigenvalue weighted by Gasteiger charge is -2.25. The van der Waals surface area contributed by atoms with Gasteiger partial charge in [-0.1, -0.05) is 24.1 Å². The number of nitrogens with zero attached hydrogens (tertiary/aromatic N) is 2. The highest BCUT2D eigenvalue weighted by molar-refractivity contribution is 7.89. The van der Waals surface area contributed by atoms with Gasteiger partial charge in [0.15, 0.2) is 5.58 Å². The van der Waals surface area contributed by atoms with Crippen molar-refractivity contribution in [2.24, 2.45) is 0 Å². The highest BCUT2D eigenvalue weighted by atomic mass is 32.2. The lowest BCUT2D eigenvalue weighted by Crippen LogP contribution is -2.35. The number of carbonyl (C=O) groups excluding carboxylic acids is 1. The number of carbonyl (C=O) groups is 1. The maximum atomic E-state index is 12.9. The number of amides is 1. The molecule has 1 N–H and O–H groups in total. The van der Waals surface area contributed by atoms with Gasteiger partial charge in [0, 0.05) is 24.8 Å². The Labute approximate surface area is 174 Å². The Balaban J connectivity index is 1.58. The molecule has 1 fully saturated rings. The molecule has 0 radical (unpaired) electrons. The molecule has 0 bridgehead atoms. The fraction of sp³-hybridized carbons (Fsp3) is 0.333. The molecule has 0 spiro atoms. The van der Waals surface area contributed by atoms with Crippen molar-refractivity contribution >= 4 is 32.7 Å². The van der Waals surface area contributed by atoms with E-state index in [0.29, 0.717) is 24.3 Å². The maximum Gasteiger partial charge on any atom is 0.420 e. The SMILES string of the molecule is Cc1ccc(NC(=O)Cn2c(=O)oc3cc(S(=O)(=O)N4CCCCC4)ccc32)cc1. The summed E-state index contributed by atoms with van der Waals surface area (Å²) in [5.74, 6) is -1.09. The minimum Gasteiger partial charge on any atom is -0.408 e. The Kier molecular flexibility index (Phi) is 5.48. The summed E-state index contributed by atoms with van der Waals surface area (Å²) in [6, 6.07) is 11.6. The van der Waals surface area contributed by atoms with Crippen molar-refractivity contribution in [1.29, 1.82) is 0 Å². The van der Waals surface area contributed by atoms with Gasteiger partial charge in [0.25, 0.3) is 0 Å². The first-order valence-electron chi connectivity index (χ1n) is 9.85. The molecule has 1 amide bonds. The van der Waals surface area contributed by atoms with Gasteiger partial charge in [-0.25, -0.2) is 13.2 Å². The highest BCUT2D eigenvalue weighted by Gasteiger charge is 2.27. The second kappa shape index (κ2) is 8.08. The number of hydrogen-bond acceptors (Lipinski definition) is 5. The van der Waals surface area contributed by atoms with Crippen LogP contribution in [0.2, 0.25) is 0 Å². The first-order chi connectivity index (χ1) is 14.3. The van der Waals surface area contributed by atoms with E-state index >= 15 is 0 Å². The van der Waals surface area contributed by atoms with Crippen LogP contribution in [0.4, 0.5) is 5.69 Å². The molecule has 1 saturated heterocycles. The van der Waals surface area contributed by atoms with E-state index in [9.17, 15) is 18.0 Å². The largest absolute Gasteiger partial charge is 0.420 e. The molecule has 0 saturated carbocycles. The molecule has 0 unspecified atom stereocenters. The molecule has 1 aliphatic heterocycles. The fourth-order valence-corrected chi connectivity index (χ4v) is 5.13. The summed E-state index contributed by atoms with van der Waals surface area (Å²) >= 11 is 0. The molecule has 4 rings (SSSR count). The number of sulfonamides is 1. The zero-order chi connectivity index (χ0) is 21.3. The number of rotatable bonds is 5. The van der Waals surface area contributed by atoms with Gasteiger partial charge < -0.3 is 9.73 Å². The Hall–Kier alpha value is -2.91. The third-order valence-electron chi connectivity index (χ3n) is 5.23. The smallest absolute Gasteiger partial charge is 0.408 e. The third kappa shape index (κ3) is 4.03. The van der Waals surface area contributed by atoms with E-state index < -0.39 is 15.8 Å². The summed E-state index contributed by atoms with van der Waals surface area (Å²) in [4.78, 5) is 24.8. The minimum absolute atomic E-state index is 0.0851. The molecule has 1 aromatic heterocycles. The van der Waals surface area contributed by atoms with Crippen LogP contribution in [-0.2, 0) is 21.4 Å². The highest BCUT2D eigenvalue weighted by Crippen LogP contribution is 2.24. The van der Waals surface area contributed by atoms with Crippen molar-refractivity contribution in [3.63, 3.8) is 0 Å². The van der Waals surface area contributed by atoms with Crippen molar-refractivity contribution in [3.8, 4) is 0 Å². The summed E-state index contributed by atoms with van der Waals surface area (Å²) in [5, 5.41) is 2.74. The van der Waals surface area contributed by atoms with Crippen LogP contribution in [0.25, 0.3) is 11.1 Å². The van der Waals surface area contributed by atoms with Crippen molar-refractivity contribution in [2.75, 3.05) is 18.4 Å². The lowest BCUT2D eigenvalue weighted by atomic mass is 10.2. The number of nitrogens with one attached hydrogen (secondary N) is 1. The molecule has 3 aromatic rings. The van der Waals surface area contributed by atoms with Crippen molar-refractivity contribution in [3.05, 3.63) is 58.6 Å². The monoisotopic (exact) mass is 429 g/mol. The number of hydrogen-bond donors (Lipinski definition) is 1. The summed E-state index contributed by atoms with van der Waals surface area (Å²) in [6.45, 7) is 2.69. The van der Waals surface area contributed by atoms with Crippen LogP contribution in [0.15, 0.2) is 56.6 Å². The number of benzene rings is 2. The van der Waals surface area contributed by atoms with Crippen LogP contribution in [0, 0.1) is 6.92 Å². The van der Waals surface area contributed by atoms with Crippen molar-refractivity contribution in [2.45, 2.75) is 37.6 Å². The molecule has 8 nitrogen and oxygen atoms in total. The van der Waals surface area contributed by atoms with Gasteiger partial charge in [0.1, 0.15) is 6.54 Å². The van der Waals surface area contributed by atoms with Gasteiger partial charge in [-0.2, -0.15) is 4.31 Å². The molecule has 2 heterocycles. The van der Waals surface area contributed by atoms with Crippen LogP contribution >= 0.6 is 0 Å². The Morgan fingerprint density at radius 3 is 2.47 bits per heavy atom. The van der Waals surface area contributed by atoms with E-state index in [1.54, 1.807) is 12.1 Å². The molecule has 2 aromatic carbocycles. The van der Waals surface area contributed by atoms with Gasteiger partial charge >= 0.3 is 5.76 Å². The summed E-state index contributed by atoms with van der Waals surface area (Å²) in [5.41, 5.74) is 2.21. The molecule has 0 atom stereocenters. The summed E-state index contributed by atoms with van der Waals surface area (Å²) in [6.07, 6.45) is 2.69. The topological polar surface area (TPSA) is 102 Å². The summed E-state index contributed by atoms with van der Waals surface area (Å²) < 4.78 is 33.6. The predicted octanol–water partition coefficient (Wildman–Crippen LogP) is 2.72. The van der Waals surface area contributed by atoms with E-state index in [1.807, 2.05) is 19.1 Å². The Bertz CT molecular complexity index is 1240. The van der Waals surface area contributed by atoms with Crippen molar-refractivity contribution in [1.82, 2.24) is 8.87 Å². The normalized spacial score (nSPS) is 15.4. The van der Waals surface area contributed by atoms with E-state index in [2.05, 4.69) is 5.32 Å². The quantitative estimate of drug-likeness (QED) is 0.672. The molecular weight excluding hydrogens is 406 g/mol. The molecule has 30 heavy (non-hydrogen) atoms. The van der Waals surface area contributed by atoms with E-state index in [0.717, 1.165) is 24.8 Å². The van der Waals surface area contributed by atoms with Crippen LogP contribution in [0.3, 0.4) is 0 Å². The number of oxazole rings is 1. The van der Waals surface area contributed by atoms with Crippen LogP contribution in [0.1, 0.15) is 24.8 Å². The minimum atomic E-state index is -3.64. The lowest BCUT2D eigenvalue weighted by molar-refractivity contribution is -0.116. The number of piperidine rings is 1. The zero-order valence-corrected chi connectivity index (χ0v) is 17.4. The maximum absolute atomic E-state index is 12.9. The van der Waals surface area contributed by atoms with Crippen LogP contribution < -0.4 is 11.1 Å². The van der Waals surface area contributed by atoms with Crippen molar-refractivity contribution < 1.29 is 17.6 Å². The van der Waals surface area contributed by atoms with E-state index in [-0.39, 0.29) is 22.9 Å². The first kappa shape index (κ1) is 20.4. The fourth-order valence-electron chi connectivity index (χ4n) is 3.59. The average molecular weight is 429 g/mol. The second-order valence-corrected chi connectivity index (χ2v) is 9.40. The van der Waals surface area contributed by atoms with E-state index in [1.165, 1.54) is 27.1 Å². The molecule has 1 aliphatic rings. The first-order valence-corrected chi connectivity index (χ1v) is 11.3. The van der Waals surface area contributed by atoms with E-state index in [4.69, 9.17) is 4.42 Å². The van der Waals surface area contributed by atoms with Crippen LogP contribution in [0.5, 0.6) is 0 Å². The van der Waals surface area contributed by atoms with Gasteiger partial charge in [-0.15, -0.1) is 0 Å².